The Hall–Kier alpha value is -1.61. The van der Waals surface area contributed by atoms with Crippen molar-refractivity contribution in [3.05, 3.63) is 52.6 Å². The topological polar surface area (TPSA) is 48.9 Å². The minimum absolute atomic E-state index is 0.622. The molecule has 90 valence electrons. The lowest BCUT2D eigenvalue weighted by Crippen LogP contribution is -2.03. The van der Waals surface area contributed by atoms with Crippen LogP contribution in [0.4, 0.5) is 0 Å². The van der Waals surface area contributed by atoms with Crippen molar-refractivity contribution in [1.29, 1.82) is 0 Å². The van der Waals surface area contributed by atoms with E-state index in [1.54, 1.807) is 6.20 Å². The Balaban J connectivity index is 2.33. The standard InChI is InChI=1S/C14H18N2O/c1-4-13-15-8-12(16-13)14(17)11-6-5-9(2)7-10(11)3/h5-8,14,17H,4H2,1-3H3,(H,15,16). The SMILES string of the molecule is CCc1ncc(C(O)c2ccc(C)cc2C)[nH]1. The van der Waals surface area contributed by atoms with Gasteiger partial charge in [0, 0.05) is 6.42 Å². The van der Waals surface area contributed by atoms with Crippen molar-refractivity contribution in [2.45, 2.75) is 33.3 Å². The summed E-state index contributed by atoms with van der Waals surface area (Å²) in [5.41, 5.74) is 4.00. The van der Waals surface area contributed by atoms with Gasteiger partial charge in [-0.25, -0.2) is 4.98 Å². The van der Waals surface area contributed by atoms with Crippen molar-refractivity contribution in [2.24, 2.45) is 0 Å². The maximum absolute atomic E-state index is 10.3. The van der Waals surface area contributed by atoms with Crippen molar-refractivity contribution in [3.8, 4) is 0 Å². The molecule has 2 rings (SSSR count). The summed E-state index contributed by atoms with van der Waals surface area (Å²) in [6.07, 6.45) is 1.94. The molecule has 3 heteroatoms. The third-order valence-electron chi connectivity index (χ3n) is 3.00. The number of aromatic nitrogens is 2. The molecule has 0 amide bonds. The average molecular weight is 230 g/mol. The molecule has 0 aliphatic carbocycles. The van der Waals surface area contributed by atoms with Crippen LogP contribution in [0, 0.1) is 13.8 Å². The second kappa shape index (κ2) is 4.72. The molecule has 2 aromatic rings. The first-order chi connectivity index (χ1) is 8.11. The zero-order valence-electron chi connectivity index (χ0n) is 10.5. The third-order valence-corrected chi connectivity index (χ3v) is 3.00. The lowest BCUT2D eigenvalue weighted by molar-refractivity contribution is 0.215. The van der Waals surface area contributed by atoms with Crippen LogP contribution in [0.5, 0.6) is 0 Å². The molecule has 0 bridgehead atoms. The quantitative estimate of drug-likeness (QED) is 0.851. The fourth-order valence-electron chi connectivity index (χ4n) is 2.00. The van der Waals surface area contributed by atoms with Gasteiger partial charge in [0.25, 0.3) is 0 Å². The molecule has 0 radical (unpaired) electrons. The van der Waals surface area contributed by atoms with Crippen molar-refractivity contribution in [2.75, 3.05) is 0 Å². The van der Waals surface area contributed by atoms with Crippen LogP contribution in [0.15, 0.2) is 24.4 Å². The molecule has 3 nitrogen and oxygen atoms in total. The predicted molar refractivity (Wildman–Crippen MR) is 67.9 cm³/mol. The number of imidazole rings is 1. The molecule has 1 aromatic heterocycles. The molecule has 0 spiro atoms. The fourth-order valence-corrected chi connectivity index (χ4v) is 2.00. The number of benzene rings is 1. The van der Waals surface area contributed by atoms with E-state index in [9.17, 15) is 5.11 Å². The van der Waals surface area contributed by atoms with E-state index in [1.165, 1.54) is 5.56 Å². The first-order valence-electron chi connectivity index (χ1n) is 5.90. The highest BCUT2D eigenvalue weighted by Crippen LogP contribution is 2.24. The summed E-state index contributed by atoms with van der Waals surface area (Å²) < 4.78 is 0. The Kier molecular flexibility index (Phi) is 3.29. The largest absolute Gasteiger partial charge is 0.382 e. The van der Waals surface area contributed by atoms with E-state index in [0.29, 0.717) is 0 Å². The van der Waals surface area contributed by atoms with Gasteiger partial charge in [-0.15, -0.1) is 0 Å². The van der Waals surface area contributed by atoms with Crippen LogP contribution in [0.1, 0.15) is 41.2 Å². The predicted octanol–water partition coefficient (Wildman–Crippen LogP) is 2.67. The monoisotopic (exact) mass is 230 g/mol. The fraction of sp³-hybridized carbons (Fsp3) is 0.357. The summed E-state index contributed by atoms with van der Waals surface area (Å²) in [5, 5.41) is 10.3. The number of nitrogens with one attached hydrogen (secondary N) is 1. The van der Waals surface area contributed by atoms with Crippen LogP contribution >= 0.6 is 0 Å². The minimum Gasteiger partial charge on any atom is -0.382 e. The lowest BCUT2D eigenvalue weighted by Gasteiger charge is -2.12. The number of rotatable bonds is 3. The summed E-state index contributed by atoms with van der Waals surface area (Å²) in [4.78, 5) is 7.35. The van der Waals surface area contributed by atoms with Crippen molar-refractivity contribution in [3.63, 3.8) is 0 Å². The van der Waals surface area contributed by atoms with E-state index < -0.39 is 6.10 Å². The van der Waals surface area contributed by atoms with E-state index in [1.807, 2.05) is 26.0 Å². The second-order valence-electron chi connectivity index (χ2n) is 4.40. The molecule has 1 heterocycles. The van der Waals surface area contributed by atoms with E-state index in [2.05, 4.69) is 23.0 Å². The zero-order chi connectivity index (χ0) is 12.4. The van der Waals surface area contributed by atoms with Gasteiger partial charge in [-0.3, -0.25) is 0 Å². The molecule has 0 fully saturated rings. The van der Waals surface area contributed by atoms with Gasteiger partial charge in [0.2, 0.25) is 0 Å². The maximum atomic E-state index is 10.3. The second-order valence-corrected chi connectivity index (χ2v) is 4.40. The molecule has 1 aromatic carbocycles. The number of aliphatic hydroxyl groups excluding tert-OH is 1. The highest BCUT2D eigenvalue weighted by molar-refractivity contribution is 5.35. The van der Waals surface area contributed by atoms with Gasteiger partial charge in [-0.05, 0) is 25.0 Å². The van der Waals surface area contributed by atoms with Gasteiger partial charge >= 0.3 is 0 Å². The Morgan fingerprint density at radius 1 is 1.35 bits per heavy atom. The van der Waals surface area contributed by atoms with Gasteiger partial charge in [0.15, 0.2) is 0 Å². The number of aromatic amines is 1. The zero-order valence-corrected chi connectivity index (χ0v) is 10.5. The number of hydrogen-bond donors (Lipinski definition) is 2. The number of aryl methyl sites for hydroxylation is 3. The number of hydrogen-bond acceptors (Lipinski definition) is 2. The molecule has 0 aliphatic rings. The van der Waals surface area contributed by atoms with Crippen LogP contribution in [0.25, 0.3) is 0 Å². The van der Waals surface area contributed by atoms with Crippen LogP contribution in [-0.2, 0) is 6.42 Å². The molecule has 1 atom stereocenters. The van der Waals surface area contributed by atoms with Gasteiger partial charge in [0.1, 0.15) is 11.9 Å². The highest BCUT2D eigenvalue weighted by Gasteiger charge is 2.15. The normalized spacial score (nSPS) is 12.7. The molecular formula is C14H18N2O. The van der Waals surface area contributed by atoms with Crippen molar-refractivity contribution in [1.82, 2.24) is 9.97 Å². The van der Waals surface area contributed by atoms with Crippen molar-refractivity contribution < 1.29 is 5.11 Å². The van der Waals surface area contributed by atoms with Crippen LogP contribution in [-0.4, -0.2) is 15.1 Å². The molecule has 17 heavy (non-hydrogen) atoms. The first-order valence-corrected chi connectivity index (χ1v) is 5.90. The summed E-state index contributed by atoms with van der Waals surface area (Å²) in [6, 6.07) is 6.07. The Morgan fingerprint density at radius 2 is 2.12 bits per heavy atom. The minimum atomic E-state index is -0.622. The smallest absolute Gasteiger partial charge is 0.121 e. The van der Waals surface area contributed by atoms with Crippen LogP contribution < -0.4 is 0 Å². The van der Waals surface area contributed by atoms with E-state index in [4.69, 9.17) is 0 Å². The highest BCUT2D eigenvalue weighted by atomic mass is 16.3. The molecule has 0 saturated heterocycles. The lowest BCUT2D eigenvalue weighted by atomic mass is 10.00. The van der Waals surface area contributed by atoms with E-state index in [-0.39, 0.29) is 0 Å². The Morgan fingerprint density at radius 3 is 2.71 bits per heavy atom. The Labute approximate surface area is 102 Å². The number of H-pyrrole nitrogens is 1. The summed E-state index contributed by atoms with van der Waals surface area (Å²) >= 11 is 0. The van der Waals surface area contributed by atoms with Crippen molar-refractivity contribution >= 4 is 0 Å². The summed E-state index contributed by atoms with van der Waals surface area (Å²) in [5.74, 6) is 0.906. The van der Waals surface area contributed by atoms with Gasteiger partial charge in [0.05, 0.1) is 11.9 Å². The maximum Gasteiger partial charge on any atom is 0.121 e. The average Bonchev–Trinajstić information content (AvgIpc) is 2.76. The van der Waals surface area contributed by atoms with E-state index >= 15 is 0 Å². The molecule has 1 unspecified atom stereocenters. The van der Waals surface area contributed by atoms with Gasteiger partial charge in [-0.1, -0.05) is 30.7 Å². The third kappa shape index (κ3) is 2.39. The Bertz CT molecular complexity index is 517. The number of aliphatic hydroxyl groups is 1. The van der Waals surface area contributed by atoms with Gasteiger partial charge < -0.3 is 10.1 Å². The molecule has 0 aliphatic heterocycles. The first kappa shape index (κ1) is 11.9. The van der Waals surface area contributed by atoms with Crippen LogP contribution in [0.2, 0.25) is 0 Å². The number of nitrogens with zero attached hydrogens (tertiary/aromatic N) is 1. The summed E-state index contributed by atoms with van der Waals surface area (Å²) in [7, 11) is 0. The molecular weight excluding hydrogens is 212 g/mol. The van der Waals surface area contributed by atoms with Crippen LogP contribution in [0.3, 0.4) is 0 Å². The van der Waals surface area contributed by atoms with E-state index in [0.717, 1.165) is 29.1 Å². The molecule has 2 N–H and O–H groups in total. The molecule has 0 saturated carbocycles. The summed E-state index contributed by atoms with van der Waals surface area (Å²) in [6.45, 7) is 6.10. The van der Waals surface area contributed by atoms with Gasteiger partial charge in [-0.2, -0.15) is 0 Å².